The van der Waals surface area contributed by atoms with Crippen molar-refractivity contribution >= 4 is 99.8 Å². The predicted octanol–water partition coefficient (Wildman–Crippen LogP) is 11.8. The van der Waals surface area contributed by atoms with Gasteiger partial charge in [-0.25, -0.2) is 9.97 Å². The quantitative estimate of drug-likeness (QED) is 0.166. The van der Waals surface area contributed by atoms with E-state index in [0.717, 1.165) is 10.3 Å². The van der Waals surface area contributed by atoms with Crippen molar-refractivity contribution in [3.63, 3.8) is 0 Å². The number of thiophene rings is 1. The maximum absolute atomic E-state index is 9.65. The van der Waals surface area contributed by atoms with Crippen molar-refractivity contribution in [3.05, 3.63) is 182 Å². The highest BCUT2D eigenvalue weighted by atomic mass is 32.1. The number of aromatic nitrogens is 3. The van der Waals surface area contributed by atoms with E-state index in [2.05, 4.69) is 30.7 Å². The van der Waals surface area contributed by atoms with Gasteiger partial charge in [-0.05, 0) is 92.8 Å². The highest BCUT2D eigenvalue weighted by Crippen LogP contribution is 2.51. The molecular formula is C52H38BN5S. The van der Waals surface area contributed by atoms with E-state index in [1.807, 2.05) is 41.0 Å². The van der Waals surface area contributed by atoms with Crippen LogP contribution in [0.5, 0.6) is 0 Å². The van der Waals surface area contributed by atoms with Gasteiger partial charge in [0.05, 0.1) is 58.3 Å². The number of hydrogen-bond donors (Lipinski definition) is 0. The fourth-order valence-corrected chi connectivity index (χ4v) is 9.98. The summed E-state index contributed by atoms with van der Waals surface area (Å²) in [5, 5.41) is 0.579. The van der Waals surface area contributed by atoms with Gasteiger partial charge in [-0.2, -0.15) is 0 Å². The Kier molecular flexibility index (Phi) is 4.58. The van der Waals surface area contributed by atoms with Crippen molar-refractivity contribution in [3.8, 4) is 16.8 Å². The maximum Gasteiger partial charge on any atom is 0.285 e. The topological polar surface area (TPSA) is 37.2 Å². The number of para-hydroxylation sites is 3. The highest BCUT2D eigenvalue weighted by Gasteiger charge is 2.48. The van der Waals surface area contributed by atoms with Crippen LogP contribution in [-0.4, -0.2) is 21.2 Å². The molecule has 0 unspecified atom stereocenters. The van der Waals surface area contributed by atoms with Gasteiger partial charge in [0.1, 0.15) is 6.33 Å². The Morgan fingerprint density at radius 2 is 1.29 bits per heavy atom. The van der Waals surface area contributed by atoms with Gasteiger partial charge in [-0.15, -0.1) is 11.3 Å². The molecule has 0 N–H and O–H groups in total. The average molecular weight is 793 g/mol. The SMILES string of the molecule is [2H]c1c([2H])c([2H])c(N2c3cc(-c4c([2H])c([2H])c([2H])c5c([2H])c([2H])c([2H])c([2H])c45)cc4c3B(c3sc5ccc(C(C)(C)C)cc5c32)c2c(c3ccccc3n2-c2cncnc2)N4c2c([2H])c([2H])c([2H])c([2H])c2[2H])c([2H])c1[2H]. The number of anilines is 6. The number of hydrogen-bond acceptors (Lipinski definition) is 5. The van der Waals surface area contributed by atoms with E-state index in [9.17, 15) is 8.22 Å². The molecule has 59 heavy (non-hydrogen) atoms. The third-order valence-electron chi connectivity index (χ3n) is 11.2. The van der Waals surface area contributed by atoms with E-state index in [4.69, 9.17) is 15.1 Å². The summed E-state index contributed by atoms with van der Waals surface area (Å²) in [6, 6.07) is 5.72. The fraction of sp³-hybridized carbons (Fsp3) is 0.0769. The van der Waals surface area contributed by atoms with Crippen LogP contribution in [0.4, 0.5) is 34.1 Å². The number of rotatable bonds is 4. The summed E-state index contributed by atoms with van der Waals surface area (Å²) in [5.74, 6) is 0. The fourth-order valence-electron chi connectivity index (χ4n) is 8.69. The van der Waals surface area contributed by atoms with Gasteiger partial charge in [-0.3, -0.25) is 0 Å². The van der Waals surface area contributed by atoms with Crippen molar-refractivity contribution in [1.82, 2.24) is 14.5 Å². The molecule has 7 aromatic carbocycles. The summed E-state index contributed by atoms with van der Waals surface area (Å²) in [6.45, 7) is 5.25. The largest absolute Gasteiger partial charge is 0.317 e. The Labute approximate surface area is 371 Å². The lowest BCUT2D eigenvalue weighted by molar-refractivity contribution is 0.591. The van der Waals surface area contributed by atoms with Crippen LogP contribution in [0.15, 0.2) is 176 Å². The molecule has 0 spiro atoms. The van der Waals surface area contributed by atoms with Gasteiger partial charge < -0.3 is 14.4 Å². The smallest absolute Gasteiger partial charge is 0.285 e. The van der Waals surface area contributed by atoms with E-state index in [-0.39, 0.29) is 44.6 Å². The van der Waals surface area contributed by atoms with E-state index in [1.54, 1.807) is 35.5 Å². The second-order valence-electron chi connectivity index (χ2n) is 15.4. The molecule has 0 fully saturated rings. The Morgan fingerprint density at radius 3 is 2.02 bits per heavy atom. The monoisotopic (exact) mass is 792 g/mol. The van der Waals surface area contributed by atoms with E-state index in [0.29, 0.717) is 49.2 Å². The Hall–Kier alpha value is -6.96. The third-order valence-corrected chi connectivity index (χ3v) is 12.4. The van der Waals surface area contributed by atoms with Crippen LogP contribution in [0.2, 0.25) is 0 Å². The molecule has 5 heterocycles. The molecule has 10 aromatic rings. The van der Waals surface area contributed by atoms with Crippen molar-refractivity contribution < 1.29 is 23.3 Å². The van der Waals surface area contributed by atoms with Gasteiger partial charge in [0.15, 0.2) is 0 Å². The van der Waals surface area contributed by atoms with Crippen molar-refractivity contribution in [2.75, 3.05) is 9.80 Å². The normalized spacial score (nSPS) is 17.3. The number of nitrogens with zero attached hydrogens (tertiary/aromatic N) is 5. The van der Waals surface area contributed by atoms with Crippen LogP contribution < -0.4 is 25.6 Å². The molecule has 12 rings (SSSR count). The molecule has 7 heteroatoms. The minimum Gasteiger partial charge on any atom is -0.317 e. The summed E-state index contributed by atoms with van der Waals surface area (Å²) in [7, 11) is 0. The second-order valence-corrected chi connectivity index (χ2v) is 16.5. The van der Waals surface area contributed by atoms with Crippen LogP contribution in [0.3, 0.4) is 0 Å². The molecule has 3 aromatic heterocycles. The molecule has 0 radical (unpaired) electrons. The number of benzene rings is 7. The standard InChI is InChI=1S/C52H38BN5S/c1-52(2,3)35-25-26-46-42(29-35)49-51(59-46)53-47-44(27-34(28-45(47)57(49)37-19-8-5-9-20-37)40-23-14-16-33-15-10-11-21-39(33)40)56(36-17-6-4-7-18-36)48-41-22-12-13-24-43(41)58(50(48)53)38-30-54-32-55-31-38/h4-32H,1-3H3/i4D,5D,6D,7D,8D,9D,10D,11D,14D,15D,16D,17D,18D,19D,20D,21D,23D. The van der Waals surface area contributed by atoms with Crippen molar-refractivity contribution in [2.24, 2.45) is 0 Å². The zero-order valence-corrected chi connectivity index (χ0v) is 32.5. The molecule has 0 bridgehead atoms. The third kappa shape index (κ3) is 5.04. The molecule has 2 aliphatic rings. The van der Waals surface area contributed by atoms with Gasteiger partial charge in [0.25, 0.3) is 6.71 Å². The number of fused-ring (bicyclic) bond motifs is 9. The lowest BCUT2D eigenvalue weighted by Crippen LogP contribution is -2.62. The summed E-state index contributed by atoms with van der Waals surface area (Å²) in [4.78, 5) is 11.9. The van der Waals surface area contributed by atoms with Crippen molar-refractivity contribution in [1.29, 1.82) is 0 Å². The Balaban J connectivity index is 1.39. The first-order valence-electron chi connectivity index (χ1n) is 27.4. The molecule has 0 saturated carbocycles. The van der Waals surface area contributed by atoms with E-state index in [1.165, 1.54) is 22.6 Å². The molecule has 280 valence electrons. The summed E-state index contributed by atoms with van der Waals surface area (Å²) < 4.78 is 159. The first-order valence-corrected chi connectivity index (χ1v) is 19.7. The predicted molar refractivity (Wildman–Crippen MR) is 250 cm³/mol. The molecule has 5 nitrogen and oxygen atoms in total. The van der Waals surface area contributed by atoms with Crippen LogP contribution in [0.25, 0.3) is 48.6 Å². The Morgan fingerprint density at radius 1 is 0.627 bits per heavy atom. The minimum atomic E-state index is -0.902. The summed E-state index contributed by atoms with van der Waals surface area (Å²) in [6.07, 6.45) is 4.62. The minimum absolute atomic E-state index is 0.00206. The summed E-state index contributed by atoms with van der Waals surface area (Å²) in [5.41, 5.74) is 2.70. The molecular weight excluding hydrogens is 737 g/mol. The lowest BCUT2D eigenvalue weighted by Gasteiger charge is -2.43. The van der Waals surface area contributed by atoms with Gasteiger partial charge in [-0.1, -0.05) is 124 Å². The zero-order chi connectivity index (χ0) is 54.2. The van der Waals surface area contributed by atoms with Crippen molar-refractivity contribution in [2.45, 2.75) is 26.2 Å². The van der Waals surface area contributed by atoms with E-state index >= 15 is 0 Å². The highest BCUT2D eigenvalue weighted by molar-refractivity contribution is 7.33. The molecule has 0 saturated heterocycles. The Bertz CT molecular complexity index is 4220. The molecule has 0 amide bonds. The lowest BCUT2D eigenvalue weighted by atomic mass is 9.37. The van der Waals surface area contributed by atoms with Gasteiger partial charge in [0.2, 0.25) is 0 Å². The van der Waals surface area contributed by atoms with Crippen LogP contribution in [-0.2, 0) is 5.41 Å². The average Bonchev–Trinajstić information content (AvgIpc) is 4.12. The molecule has 0 aliphatic carbocycles. The maximum atomic E-state index is 9.65. The zero-order valence-electron chi connectivity index (χ0n) is 48.6. The molecule has 0 atom stereocenters. The second kappa shape index (κ2) is 12.8. The van der Waals surface area contributed by atoms with Gasteiger partial charge in [0, 0.05) is 48.6 Å². The van der Waals surface area contributed by atoms with Crippen LogP contribution in [0.1, 0.15) is 49.6 Å². The molecule has 2 aliphatic heterocycles. The van der Waals surface area contributed by atoms with E-state index < -0.39 is 115 Å². The first kappa shape index (κ1) is 21.2. The summed E-state index contributed by atoms with van der Waals surface area (Å²) >= 11 is 1.41. The van der Waals surface area contributed by atoms with Crippen LogP contribution >= 0.6 is 11.3 Å². The van der Waals surface area contributed by atoms with Crippen LogP contribution in [0, 0.1) is 0 Å². The first-order chi connectivity index (χ1) is 36.0. The van der Waals surface area contributed by atoms with Gasteiger partial charge >= 0.3 is 0 Å².